The third-order valence-electron chi connectivity index (χ3n) is 3.22. The first-order chi connectivity index (χ1) is 7.95. The highest BCUT2D eigenvalue weighted by atomic mass is 16.1. The van der Waals surface area contributed by atoms with Gasteiger partial charge in [-0.3, -0.25) is 9.59 Å². The summed E-state index contributed by atoms with van der Waals surface area (Å²) >= 11 is 0. The number of primary amides is 2. The van der Waals surface area contributed by atoms with E-state index in [1.165, 1.54) is 0 Å². The maximum atomic E-state index is 11.2. The van der Waals surface area contributed by atoms with Crippen molar-refractivity contribution in [3.05, 3.63) is 0 Å². The third kappa shape index (κ3) is 6.97. The van der Waals surface area contributed by atoms with Gasteiger partial charge in [-0.15, -0.1) is 0 Å². The Morgan fingerprint density at radius 3 is 1.47 bits per heavy atom. The zero-order valence-corrected chi connectivity index (χ0v) is 11.1. The summed E-state index contributed by atoms with van der Waals surface area (Å²) in [4.78, 5) is 22.4. The Balaban J connectivity index is 4.75. The second kappa shape index (κ2) is 8.09. The van der Waals surface area contributed by atoms with Crippen LogP contribution in [0.4, 0.5) is 0 Å². The summed E-state index contributed by atoms with van der Waals surface area (Å²) in [6, 6.07) is 0. The molecular weight excluding hydrogens is 216 g/mol. The van der Waals surface area contributed by atoms with Crippen molar-refractivity contribution in [3.8, 4) is 0 Å². The number of hydrogen-bond donors (Lipinski definition) is 2. The normalized spacial score (nSPS) is 11.4. The largest absolute Gasteiger partial charge is 0.370 e. The van der Waals surface area contributed by atoms with E-state index in [2.05, 4.69) is 13.8 Å². The predicted octanol–water partition coefficient (Wildman–Crippen LogP) is 2.10. The van der Waals surface area contributed by atoms with Gasteiger partial charge in [0.05, 0.1) is 0 Å². The maximum Gasteiger partial charge on any atom is 0.217 e. The fourth-order valence-corrected chi connectivity index (χ4v) is 2.38. The number of carbonyl (C=O) groups is 2. The number of nitrogens with two attached hydrogens (primary N) is 2. The van der Waals surface area contributed by atoms with Crippen molar-refractivity contribution in [1.29, 1.82) is 0 Å². The molecule has 0 saturated carbocycles. The molecule has 0 aliphatic rings. The Morgan fingerprint density at radius 2 is 1.24 bits per heavy atom. The Hall–Kier alpha value is -1.06. The molecular formula is C13H26N2O2. The molecule has 4 heteroatoms. The zero-order valence-electron chi connectivity index (χ0n) is 11.1. The van der Waals surface area contributed by atoms with Crippen LogP contribution < -0.4 is 11.5 Å². The molecule has 0 aromatic rings. The van der Waals surface area contributed by atoms with Crippen molar-refractivity contribution in [3.63, 3.8) is 0 Å². The molecule has 0 heterocycles. The first kappa shape index (κ1) is 15.9. The molecule has 0 rings (SSSR count). The Morgan fingerprint density at radius 1 is 0.882 bits per heavy atom. The van der Waals surface area contributed by atoms with Gasteiger partial charge in [0.15, 0.2) is 0 Å². The average Bonchev–Trinajstić information content (AvgIpc) is 2.22. The monoisotopic (exact) mass is 242 g/mol. The van der Waals surface area contributed by atoms with Crippen molar-refractivity contribution < 1.29 is 9.59 Å². The Kier molecular flexibility index (Phi) is 7.59. The van der Waals surface area contributed by atoms with Crippen LogP contribution in [-0.4, -0.2) is 11.8 Å². The van der Waals surface area contributed by atoms with Gasteiger partial charge in [0.1, 0.15) is 0 Å². The van der Waals surface area contributed by atoms with Gasteiger partial charge in [0, 0.05) is 12.8 Å². The quantitative estimate of drug-likeness (QED) is 0.614. The van der Waals surface area contributed by atoms with Crippen LogP contribution in [0.1, 0.15) is 65.2 Å². The summed E-state index contributed by atoms with van der Waals surface area (Å²) in [5.41, 5.74) is 10.3. The summed E-state index contributed by atoms with van der Waals surface area (Å²) in [5.74, 6) is -0.670. The predicted molar refractivity (Wildman–Crippen MR) is 69.1 cm³/mol. The number of rotatable bonds is 10. The molecule has 4 N–H and O–H groups in total. The summed E-state index contributed by atoms with van der Waals surface area (Å²) in [6.07, 6.45) is 6.36. The van der Waals surface area contributed by atoms with E-state index >= 15 is 0 Å². The molecule has 0 unspecified atom stereocenters. The second-order valence-corrected chi connectivity index (χ2v) is 4.99. The SMILES string of the molecule is CCCCC(CCCC)(CC(N)=O)CC(N)=O. The lowest BCUT2D eigenvalue weighted by atomic mass is 9.72. The van der Waals surface area contributed by atoms with Gasteiger partial charge in [0.25, 0.3) is 0 Å². The number of amides is 2. The van der Waals surface area contributed by atoms with Gasteiger partial charge in [-0.2, -0.15) is 0 Å². The molecule has 17 heavy (non-hydrogen) atoms. The number of carbonyl (C=O) groups excluding carboxylic acids is 2. The molecule has 0 aliphatic carbocycles. The zero-order chi connectivity index (χ0) is 13.3. The van der Waals surface area contributed by atoms with E-state index in [0.29, 0.717) is 0 Å². The molecule has 0 radical (unpaired) electrons. The molecule has 0 bridgehead atoms. The topological polar surface area (TPSA) is 86.2 Å². The molecule has 2 amide bonds. The summed E-state index contributed by atoms with van der Waals surface area (Å²) < 4.78 is 0. The van der Waals surface area contributed by atoms with E-state index in [-0.39, 0.29) is 30.1 Å². The van der Waals surface area contributed by atoms with Gasteiger partial charge in [-0.25, -0.2) is 0 Å². The molecule has 100 valence electrons. The molecule has 0 aromatic carbocycles. The number of hydrogen-bond acceptors (Lipinski definition) is 2. The second-order valence-electron chi connectivity index (χ2n) is 4.99. The summed E-state index contributed by atoms with van der Waals surface area (Å²) in [7, 11) is 0. The minimum Gasteiger partial charge on any atom is -0.370 e. The summed E-state index contributed by atoms with van der Waals surface area (Å²) in [6.45, 7) is 4.19. The van der Waals surface area contributed by atoms with Crippen LogP contribution >= 0.6 is 0 Å². The molecule has 0 spiro atoms. The van der Waals surface area contributed by atoms with Crippen LogP contribution in [0.5, 0.6) is 0 Å². The van der Waals surface area contributed by atoms with Crippen molar-refractivity contribution in [2.75, 3.05) is 0 Å². The van der Waals surface area contributed by atoms with Crippen LogP contribution in [-0.2, 0) is 9.59 Å². The Bertz CT molecular complexity index is 226. The molecule has 0 aliphatic heterocycles. The van der Waals surface area contributed by atoms with Gasteiger partial charge in [0.2, 0.25) is 11.8 Å². The van der Waals surface area contributed by atoms with Crippen LogP contribution in [0.2, 0.25) is 0 Å². The fourth-order valence-electron chi connectivity index (χ4n) is 2.38. The molecule has 0 aromatic heterocycles. The summed E-state index contributed by atoms with van der Waals surface area (Å²) in [5, 5.41) is 0. The van der Waals surface area contributed by atoms with Crippen molar-refractivity contribution in [2.24, 2.45) is 16.9 Å². The molecule has 0 saturated heterocycles. The van der Waals surface area contributed by atoms with Crippen molar-refractivity contribution in [2.45, 2.75) is 65.2 Å². The highest BCUT2D eigenvalue weighted by Crippen LogP contribution is 2.38. The van der Waals surface area contributed by atoms with Crippen LogP contribution in [0, 0.1) is 5.41 Å². The van der Waals surface area contributed by atoms with Crippen LogP contribution in [0.3, 0.4) is 0 Å². The van der Waals surface area contributed by atoms with E-state index in [4.69, 9.17) is 11.5 Å². The van der Waals surface area contributed by atoms with Gasteiger partial charge in [-0.05, 0) is 18.3 Å². The van der Waals surface area contributed by atoms with Crippen molar-refractivity contribution in [1.82, 2.24) is 0 Å². The molecule has 4 nitrogen and oxygen atoms in total. The van der Waals surface area contributed by atoms with Crippen LogP contribution in [0.25, 0.3) is 0 Å². The average molecular weight is 242 g/mol. The lowest BCUT2D eigenvalue weighted by molar-refractivity contribution is -0.124. The first-order valence-corrected chi connectivity index (χ1v) is 6.52. The fraction of sp³-hybridized carbons (Fsp3) is 0.846. The molecule has 0 fully saturated rings. The lowest BCUT2D eigenvalue weighted by Crippen LogP contribution is -2.33. The first-order valence-electron chi connectivity index (χ1n) is 6.52. The Labute approximate surface area is 104 Å². The van der Waals surface area contributed by atoms with E-state index in [0.717, 1.165) is 38.5 Å². The van der Waals surface area contributed by atoms with Gasteiger partial charge < -0.3 is 11.5 Å². The van der Waals surface area contributed by atoms with E-state index in [1.54, 1.807) is 0 Å². The van der Waals surface area contributed by atoms with Crippen molar-refractivity contribution >= 4 is 11.8 Å². The van der Waals surface area contributed by atoms with Crippen LogP contribution in [0.15, 0.2) is 0 Å². The lowest BCUT2D eigenvalue weighted by Gasteiger charge is -2.32. The van der Waals surface area contributed by atoms with Gasteiger partial charge in [-0.1, -0.05) is 39.5 Å². The van der Waals surface area contributed by atoms with E-state index in [1.807, 2.05) is 0 Å². The highest BCUT2D eigenvalue weighted by molar-refractivity contribution is 5.78. The highest BCUT2D eigenvalue weighted by Gasteiger charge is 2.32. The maximum absolute atomic E-state index is 11.2. The standard InChI is InChI=1S/C13H26N2O2/c1-3-5-7-13(8-6-4-2,9-11(14)16)10-12(15)17/h3-10H2,1-2H3,(H2,14,16)(H2,15,17). The molecule has 0 atom stereocenters. The van der Waals surface area contributed by atoms with Gasteiger partial charge >= 0.3 is 0 Å². The number of unbranched alkanes of at least 4 members (excludes halogenated alkanes) is 2. The minimum absolute atomic E-state index is 0.274. The third-order valence-corrected chi connectivity index (χ3v) is 3.22. The van der Waals surface area contributed by atoms with E-state index < -0.39 is 0 Å². The van der Waals surface area contributed by atoms with E-state index in [9.17, 15) is 9.59 Å². The minimum atomic E-state index is -0.335. The smallest absolute Gasteiger partial charge is 0.217 e.